The molecule has 0 aliphatic carbocycles. The Labute approximate surface area is 163 Å². The molecule has 2 rings (SSSR count). The van der Waals surface area contributed by atoms with Crippen molar-refractivity contribution in [2.24, 2.45) is 12.0 Å². The number of aliphatic imine (C=N–C) groups is 1. The Morgan fingerprint density at radius 2 is 1.96 bits per heavy atom. The fourth-order valence-corrected chi connectivity index (χ4v) is 2.50. The maximum atomic E-state index is 13.2. The van der Waals surface area contributed by atoms with E-state index in [-0.39, 0.29) is 29.0 Å². The monoisotopic (exact) mass is 465 g/mol. The molecule has 2 N–H and O–H groups in total. The highest BCUT2D eigenvalue weighted by Crippen LogP contribution is 2.15. The number of benzene rings is 1. The molecule has 0 aliphatic rings. The minimum atomic E-state index is -0.416. The van der Waals surface area contributed by atoms with Gasteiger partial charge in [0.05, 0.1) is 10.7 Å². The van der Waals surface area contributed by atoms with Crippen LogP contribution in [0.3, 0.4) is 0 Å². The SMILES string of the molecule is CN=C(NCc1ccc(F)c(Cl)c1)NCc1c(C)nn(C)c1C.I. The van der Waals surface area contributed by atoms with Crippen molar-refractivity contribution in [1.29, 1.82) is 0 Å². The third-order valence-electron chi connectivity index (χ3n) is 3.76. The van der Waals surface area contributed by atoms with E-state index in [2.05, 4.69) is 20.7 Å². The van der Waals surface area contributed by atoms with E-state index in [4.69, 9.17) is 11.6 Å². The summed E-state index contributed by atoms with van der Waals surface area (Å²) in [6.07, 6.45) is 0. The quantitative estimate of drug-likeness (QED) is 0.414. The number of aromatic nitrogens is 2. The van der Waals surface area contributed by atoms with Gasteiger partial charge in [-0.3, -0.25) is 9.67 Å². The molecule has 2 aromatic rings. The van der Waals surface area contributed by atoms with Crippen LogP contribution >= 0.6 is 35.6 Å². The van der Waals surface area contributed by atoms with Gasteiger partial charge >= 0.3 is 0 Å². The Morgan fingerprint density at radius 3 is 2.50 bits per heavy atom. The molecule has 0 bridgehead atoms. The third kappa shape index (κ3) is 5.07. The molecule has 1 aromatic carbocycles. The maximum Gasteiger partial charge on any atom is 0.191 e. The van der Waals surface area contributed by atoms with Crippen molar-refractivity contribution in [2.45, 2.75) is 26.9 Å². The summed E-state index contributed by atoms with van der Waals surface area (Å²) in [5, 5.41) is 10.9. The van der Waals surface area contributed by atoms with Gasteiger partial charge in [-0.25, -0.2) is 4.39 Å². The van der Waals surface area contributed by atoms with Crippen molar-refractivity contribution in [1.82, 2.24) is 20.4 Å². The predicted octanol–water partition coefficient (Wildman–Crippen LogP) is 3.31. The van der Waals surface area contributed by atoms with Crippen molar-refractivity contribution in [3.05, 3.63) is 51.6 Å². The van der Waals surface area contributed by atoms with Crippen molar-refractivity contribution in [2.75, 3.05) is 7.05 Å². The first kappa shape index (κ1) is 20.7. The van der Waals surface area contributed by atoms with Crippen molar-refractivity contribution in [3.63, 3.8) is 0 Å². The molecule has 0 radical (unpaired) electrons. The number of hydrogen-bond acceptors (Lipinski definition) is 2. The molecular formula is C16H22ClFIN5. The fraction of sp³-hybridized carbons (Fsp3) is 0.375. The third-order valence-corrected chi connectivity index (χ3v) is 4.05. The van der Waals surface area contributed by atoms with Crippen LogP contribution in [0.4, 0.5) is 4.39 Å². The Morgan fingerprint density at radius 1 is 1.29 bits per heavy atom. The van der Waals surface area contributed by atoms with E-state index in [1.54, 1.807) is 19.2 Å². The van der Waals surface area contributed by atoms with Crippen LogP contribution in [-0.4, -0.2) is 22.8 Å². The van der Waals surface area contributed by atoms with Gasteiger partial charge in [0, 0.05) is 38.4 Å². The molecule has 0 amide bonds. The molecule has 0 unspecified atom stereocenters. The minimum absolute atomic E-state index is 0. The van der Waals surface area contributed by atoms with Gasteiger partial charge in [-0.1, -0.05) is 17.7 Å². The van der Waals surface area contributed by atoms with Gasteiger partial charge in [-0.05, 0) is 31.5 Å². The summed E-state index contributed by atoms with van der Waals surface area (Å²) in [5.74, 6) is 0.244. The van der Waals surface area contributed by atoms with Gasteiger partial charge in [-0.2, -0.15) is 5.10 Å². The summed E-state index contributed by atoms with van der Waals surface area (Å²) in [4.78, 5) is 4.18. The zero-order chi connectivity index (χ0) is 17.0. The second-order valence-corrected chi connectivity index (χ2v) is 5.71. The summed E-state index contributed by atoms with van der Waals surface area (Å²) in [6, 6.07) is 4.65. The van der Waals surface area contributed by atoms with Gasteiger partial charge in [0.2, 0.25) is 0 Å². The van der Waals surface area contributed by atoms with Crippen LogP contribution in [0.15, 0.2) is 23.2 Å². The number of nitrogens with one attached hydrogen (secondary N) is 2. The van der Waals surface area contributed by atoms with Gasteiger partial charge in [-0.15, -0.1) is 24.0 Å². The largest absolute Gasteiger partial charge is 0.352 e. The highest BCUT2D eigenvalue weighted by Gasteiger charge is 2.09. The topological polar surface area (TPSA) is 54.2 Å². The molecule has 0 atom stereocenters. The molecule has 1 aromatic heterocycles. The van der Waals surface area contributed by atoms with Crippen LogP contribution in [0.1, 0.15) is 22.5 Å². The van der Waals surface area contributed by atoms with E-state index in [0.717, 1.165) is 22.5 Å². The Balaban J connectivity index is 0.00000288. The highest BCUT2D eigenvalue weighted by atomic mass is 127. The van der Waals surface area contributed by atoms with Gasteiger partial charge < -0.3 is 10.6 Å². The van der Waals surface area contributed by atoms with Gasteiger partial charge in [0.15, 0.2) is 5.96 Å². The Bertz CT molecular complexity index is 729. The van der Waals surface area contributed by atoms with Crippen LogP contribution in [0.5, 0.6) is 0 Å². The van der Waals surface area contributed by atoms with E-state index in [1.807, 2.05) is 25.6 Å². The average Bonchev–Trinajstić information content (AvgIpc) is 2.76. The molecule has 1 heterocycles. The lowest BCUT2D eigenvalue weighted by Gasteiger charge is -2.12. The van der Waals surface area contributed by atoms with E-state index in [0.29, 0.717) is 19.0 Å². The first-order valence-electron chi connectivity index (χ1n) is 7.30. The Kier molecular flexibility index (Phi) is 7.95. The van der Waals surface area contributed by atoms with E-state index in [9.17, 15) is 4.39 Å². The van der Waals surface area contributed by atoms with Gasteiger partial charge in [0.25, 0.3) is 0 Å². The maximum absolute atomic E-state index is 13.2. The summed E-state index contributed by atoms with van der Waals surface area (Å²) in [5.41, 5.74) is 4.16. The zero-order valence-corrected chi connectivity index (χ0v) is 17.2. The number of halogens is 3. The van der Waals surface area contributed by atoms with E-state index >= 15 is 0 Å². The summed E-state index contributed by atoms with van der Waals surface area (Å²) in [7, 11) is 3.63. The zero-order valence-electron chi connectivity index (χ0n) is 14.2. The van der Waals surface area contributed by atoms with Crippen LogP contribution in [0, 0.1) is 19.7 Å². The first-order valence-corrected chi connectivity index (χ1v) is 7.67. The van der Waals surface area contributed by atoms with E-state index in [1.165, 1.54) is 6.07 Å². The normalized spacial score (nSPS) is 11.2. The van der Waals surface area contributed by atoms with Crippen LogP contribution in [-0.2, 0) is 20.1 Å². The molecule has 0 saturated heterocycles. The van der Waals surface area contributed by atoms with Gasteiger partial charge in [0.1, 0.15) is 5.82 Å². The number of rotatable bonds is 4. The van der Waals surface area contributed by atoms with E-state index < -0.39 is 5.82 Å². The molecule has 24 heavy (non-hydrogen) atoms. The van der Waals surface area contributed by atoms with Crippen molar-refractivity contribution >= 4 is 41.5 Å². The Hall–Kier alpha value is -1.35. The first-order chi connectivity index (χ1) is 10.9. The van der Waals surface area contributed by atoms with Crippen molar-refractivity contribution < 1.29 is 4.39 Å². The minimum Gasteiger partial charge on any atom is -0.352 e. The fourth-order valence-electron chi connectivity index (χ4n) is 2.30. The molecule has 0 fully saturated rings. The lowest BCUT2D eigenvalue weighted by Crippen LogP contribution is -2.36. The number of nitrogens with zero attached hydrogens (tertiary/aromatic N) is 3. The molecule has 0 saturated carbocycles. The molecule has 8 heteroatoms. The molecule has 132 valence electrons. The number of guanidine groups is 1. The summed E-state index contributed by atoms with van der Waals surface area (Å²) < 4.78 is 15.0. The number of hydrogen-bond donors (Lipinski definition) is 2. The highest BCUT2D eigenvalue weighted by molar-refractivity contribution is 14.0. The lowest BCUT2D eigenvalue weighted by molar-refractivity contribution is 0.627. The molecule has 0 aliphatic heterocycles. The second kappa shape index (κ2) is 9.22. The molecule has 0 spiro atoms. The molecular weight excluding hydrogens is 444 g/mol. The van der Waals surface area contributed by atoms with Crippen LogP contribution in [0.25, 0.3) is 0 Å². The summed E-state index contributed by atoms with van der Waals surface area (Å²) >= 11 is 5.78. The van der Waals surface area contributed by atoms with Crippen LogP contribution < -0.4 is 10.6 Å². The number of aryl methyl sites for hydroxylation is 2. The summed E-state index contributed by atoms with van der Waals surface area (Å²) in [6.45, 7) is 5.16. The smallest absolute Gasteiger partial charge is 0.191 e. The van der Waals surface area contributed by atoms with Crippen LogP contribution in [0.2, 0.25) is 5.02 Å². The van der Waals surface area contributed by atoms with Crippen molar-refractivity contribution in [3.8, 4) is 0 Å². The lowest BCUT2D eigenvalue weighted by atomic mass is 10.2. The molecule has 5 nitrogen and oxygen atoms in total. The predicted molar refractivity (Wildman–Crippen MR) is 107 cm³/mol. The standard InChI is InChI=1S/C16H21ClFN5.HI/c1-10-13(11(2)23(4)22-10)9-21-16(19-3)20-8-12-5-6-15(18)14(17)7-12;/h5-7H,8-9H2,1-4H3,(H2,19,20,21);1H. The average molecular weight is 466 g/mol. The second-order valence-electron chi connectivity index (χ2n) is 5.30.